The van der Waals surface area contributed by atoms with E-state index in [1.165, 1.54) is 0 Å². The number of aromatic nitrogens is 1. The van der Waals surface area contributed by atoms with Gasteiger partial charge in [-0.25, -0.2) is 4.98 Å². The van der Waals surface area contributed by atoms with Crippen LogP contribution in [-0.2, 0) is 6.18 Å². The number of carbonyl (C=O) groups is 1. The average Bonchev–Trinajstić information content (AvgIpc) is 2.30. The van der Waals surface area contributed by atoms with Gasteiger partial charge in [0.05, 0.1) is 0 Å². The molecule has 1 rings (SSSR count). The number of nitrogens with zero attached hydrogens (tertiary/aromatic N) is 1. The second-order valence-corrected chi connectivity index (χ2v) is 1.89. The third-order valence-corrected chi connectivity index (χ3v) is 1.06. The molecule has 0 radical (unpaired) electrons. The van der Waals surface area contributed by atoms with E-state index in [0.29, 0.717) is 6.39 Å². The molecule has 0 saturated heterocycles. The van der Waals surface area contributed by atoms with E-state index in [2.05, 4.69) is 15.1 Å². The molecule has 66 valence electrons. The number of amides is 1. The Bertz CT molecular complexity index is 304. The maximum absolute atomic E-state index is 11.9. The maximum atomic E-state index is 11.9. The molecule has 0 unspecified atom stereocenters. The van der Waals surface area contributed by atoms with Crippen molar-refractivity contribution in [1.29, 1.82) is 0 Å². The summed E-state index contributed by atoms with van der Waals surface area (Å²) in [5.41, 5.74) is 3.69. The van der Waals surface area contributed by atoms with Gasteiger partial charge in [0.15, 0.2) is 12.1 Å². The van der Waals surface area contributed by atoms with Crippen LogP contribution < -0.4 is 5.73 Å². The second-order valence-electron chi connectivity index (χ2n) is 1.89. The van der Waals surface area contributed by atoms with E-state index in [0.717, 1.165) is 0 Å². The van der Waals surface area contributed by atoms with Gasteiger partial charge in [0.25, 0.3) is 5.91 Å². The molecule has 4 nitrogen and oxygen atoms in total. The number of nitrogens with two attached hydrogens (primary N) is 1. The number of hydrogen-bond acceptors (Lipinski definition) is 3. The highest BCUT2D eigenvalue weighted by Gasteiger charge is 2.39. The number of hydrogen-bond donors (Lipinski definition) is 1. The third-order valence-electron chi connectivity index (χ3n) is 1.06. The van der Waals surface area contributed by atoms with Crippen LogP contribution in [0.5, 0.6) is 0 Å². The Kier molecular flexibility index (Phi) is 1.79. The van der Waals surface area contributed by atoms with Gasteiger partial charge in [0.1, 0.15) is 0 Å². The molecule has 1 aromatic rings. The first-order chi connectivity index (χ1) is 5.43. The number of rotatable bonds is 1. The molecular weight excluding hydrogens is 177 g/mol. The van der Waals surface area contributed by atoms with Crippen molar-refractivity contribution in [2.24, 2.45) is 5.73 Å². The normalized spacial score (nSPS) is 11.6. The van der Waals surface area contributed by atoms with Crippen LogP contribution >= 0.6 is 0 Å². The van der Waals surface area contributed by atoms with E-state index < -0.39 is 23.5 Å². The van der Waals surface area contributed by atoms with Gasteiger partial charge in [-0.2, -0.15) is 13.2 Å². The number of carbonyl (C=O) groups excluding carboxylic acids is 1. The van der Waals surface area contributed by atoms with Crippen LogP contribution in [0, 0.1) is 0 Å². The monoisotopic (exact) mass is 180 g/mol. The van der Waals surface area contributed by atoms with Crippen LogP contribution in [-0.4, -0.2) is 10.9 Å². The Balaban J connectivity index is 3.17. The molecule has 0 spiro atoms. The summed E-state index contributed by atoms with van der Waals surface area (Å²) in [6.07, 6.45) is -4.22. The Morgan fingerprint density at radius 1 is 1.58 bits per heavy atom. The first-order valence-electron chi connectivity index (χ1n) is 2.73. The van der Waals surface area contributed by atoms with Crippen LogP contribution in [0.4, 0.5) is 13.2 Å². The lowest BCUT2D eigenvalue weighted by molar-refractivity contribution is -0.153. The Hall–Kier alpha value is -1.53. The van der Waals surface area contributed by atoms with Gasteiger partial charge in [-0.3, -0.25) is 4.79 Å². The Labute approximate surface area is 64.2 Å². The van der Waals surface area contributed by atoms with E-state index >= 15 is 0 Å². The second kappa shape index (κ2) is 2.50. The average molecular weight is 180 g/mol. The smallest absolute Gasteiger partial charge is 0.438 e. The maximum Gasteiger partial charge on any atom is 0.452 e. The van der Waals surface area contributed by atoms with Crippen molar-refractivity contribution < 1.29 is 22.4 Å². The molecule has 0 atom stereocenters. The summed E-state index contributed by atoms with van der Waals surface area (Å²) in [7, 11) is 0. The zero-order valence-electron chi connectivity index (χ0n) is 5.55. The minimum atomic E-state index is -4.74. The Morgan fingerprint density at radius 2 is 2.17 bits per heavy atom. The molecule has 0 aromatic carbocycles. The van der Waals surface area contributed by atoms with Gasteiger partial charge in [-0.1, -0.05) is 0 Å². The van der Waals surface area contributed by atoms with Gasteiger partial charge < -0.3 is 10.2 Å². The van der Waals surface area contributed by atoms with E-state index in [-0.39, 0.29) is 0 Å². The lowest BCUT2D eigenvalue weighted by atomic mass is 10.3. The van der Waals surface area contributed by atoms with E-state index in [1.54, 1.807) is 0 Å². The highest BCUT2D eigenvalue weighted by molar-refractivity contribution is 5.91. The summed E-state index contributed by atoms with van der Waals surface area (Å²) in [5, 5.41) is 0. The fourth-order valence-electron chi connectivity index (χ4n) is 0.623. The zero-order valence-corrected chi connectivity index (χ0v) is 5.55. The highest BCUT2D eigenvalue weighted by atomic mass is 19.4. The largest absolute Gasteiger partial charge is 0.452 e. The standard InChI is InChI=1S/C5H3F3N2O2/c6-5(7,8)3-2(4(9)11)10-1-12-3/h1H,(H2,9,11). The van der Waals surface area contributed by atoms with Crippen molar-refractivity contribution in [1.82, 2.24) is 4.98 Å². The van der Waals surface area contributed by atoms with Crippen LogP contribution in [0.1, 0.15) is 16.2 Å². The number of oxazole rings is 1. The van der Waals surface area contributed by atoms with Gasteiger partial charge in [-0.05, 0) is 0 Å². The van der Waals surface area contributed by atoms with Gasteiger partial charge >= 0.3 is 6.18 Å². The summed E-state index contributed by atoms with van der Waals surface area (Å²) in [5.74, 6) is -2.73. The fourth-order valence-corrected chi connectivity index (χ4v) is 0.623. The summed E-state index contributed by atoms with van der Waals surface area (Å²) in [4.78, 5) is 13.4. The predicted molar refractivity (Wildman–Crippen MR) is 30.0 cm³/mol. The molecule has 1 heterocycles. The number of primary amides is 1. The van der Waals surface area contributed by atoms with Crippen molar-refractivity contribution in [3.05, 3.63) is 17.8 Å². The molecule has 7 heteroatoms. The lowest BCUT2D eigenvalue weighted by Crippen LogP contribution is -2.17. The topological polar surface area (TPSA) is 69.1 Å². The van der Waals surface area contributed by atoms with Crippen LogP contribution in [0.2, 0.25) is 0 Å². The van der Waals surface area contributed by atoms with Crippen molar-refractivity contribution in [2.45, 2.75) is 6.18 Å². The van der Waals surface area contributed by atoms with Crippen molar-refractivity contribution in [2.75, 3.05) is 0 Å². The van der Waals surface area contributed by atoms with Gasteiger partial charge in [0.2, 0.25) is 5.76 Å². The SMILES string of the molecule is NC(=O)c1ncoc1C(F)(F)F. The molecule has 0 saturated carbocycles. The Morgan fingerprint density at radius 3 is 2.50 bits per heavy atom. The lowest BCUT2D eigenvalue weighted by Gasteiger charge is -2.01. The minimum absolute atomic E-state index is 0.517. The fraction of sp³-hybridized carbons (Fsp3) is 0.200. The third kappa shape index (κ3) is 1.39. The first kappa shape index (κ1) is 8.57. The number of alkyl halides is 3. The highest BCUT2D eigenvalue weighted by Crippen LogP contribution is 2.31. The van der Waals surface area contributed by atoms with Gasteiger partial charge in [-0.15, -0.1) is 0 Å². The molecule has 0 bridgehead atoms. The summed E-state index contributed by atoms with van der Waals surface area (Å²) in [6, 6.07) is 0. The molecule has 1 amide bonds. The van der Waals surface area contributed by atoms with E-state index in [9.17, 15) is 18.0 Å². The summed E-state index contributed by atoms with van der Waals surface area (Å²) in [6.45, 7) is 0. The quantitative estimate of drug-likeness (QED) is 0.694. The summed E-state index contributed by atoms with van der Waals surface area (Å²) < 4.78 is 39.7. The van der Waals surface area contributed by atoms with Gasteiger partial charge in [0, 0.05) is 0 Å². The van der Waals surface area contributed by atoms with Crippen molar-refractivity contribution >= 4 is 5.91 Å². The van der Waals surface area contributed by atoms with E-state index in [1.807, 2.05) is 0 Å². The van der Waals surface area contributed by atoms with E-state index in [4.69, 9.17) is 0 Å². The zero-order chi connectivity index (χ0) is 9.35. The van der Waals surface area contributed by atoms with Crippen LogP contribution in [0.25, 0.3) is 0 Å². The van der Waals surface area contributed by atoms with Crippen LogP contribution in [0.3, 0.4) is 0 Å². The molecule has 0 aliphatic rings. The molecule has 12 heavy (non-hydrogen) atoms. The van der Waals surface area contributed by atoms with Crippen molar-refractivity contribution in [3.8, 4) is 0 Å². The van der Waals surface area contributed by atoms with Crippen LogP contribution in [0.15, 0.2) is 10.8 Å². The molecular formula is C5H3F3N2O2. The number of halogens is 3. The first-order valence-corrected chi connectivity index (χ1v) is 2.73. The molecule has 0 aliphatic carbocycles. The minimum Gasteiger partial charge on any atom is -0.438 e. The molecule has 2 N–H and O–H groups in total. The molecule has 1 aromatic heterocycles. The molecule has 0 aliphatic heterocycles. The molecule has 0 fully saturated rings. The van der Waals surface area contributed by atoms with Crippen molar-refractivity contribution in [3.63, 3.8) is 0 Å². The predicted octanol–water partition coefficient (Wildman–Crippen LogP) is 0.792. The summed E-state index contributed by atoms with van der Waals surface area (Å²) >= 11 is 0.